The Morgan fingerprint density at radius 1 is 1.24 bits per heavy atom. The van der Waals surface area contributed by atoms with E-state index in [-0.39, 0.29) is 6.10 Å². The minimum Gasteiger partial charge on any atom is -0.460 e. The van der Waals surface area contributed by atoms with Gasteiger partial charge < -0.3 is 10.5 Å². The molecule has 0 atom stereocenters. The smallest absolute Gasteiger partial charge is 0.322 e. The number of nitrogen functional groups attached to an aromatic ring is 1. The molecule has 0 radical (unpaired) electrons. The molecule has 2 aromatic rings. The van der Waals surface area contributed by atoms with Gasteiger partial charge in [0, 0.05) is 6.07 Å². The van der Waals surface area contributed by atoms with Crippen molar-refractivity contribution >= 4 is 11.6 Å². The van der Waals surface area contributed by atoms with E-state index >= 15 is 0 Å². The van der Waals surface area contributed by atoms with Crippen LogP contribution in [0.15, 0.2) is 12.3 Å². The van der Waals surface area contributed by atoms with Crippen molar-refractivity contribution in [2.75, 3.05) is 5.73 Å². The first-order valence-corrected chi connectivity index (χ1v) is 5.97. The molecule has 0 amide bonds. The van der Waals surface area contributed by atoms with Gasteiger partial charge in [0.1, 0.15) is 6.10 Å². The van der Waals surface area contributed by atoms with Gasteiger partial charge in [0.15, 0.2) is 5.65 Å². The maximum Gasteiger partial charge on any atom is 0.322 e. The standard InChI is InChI=1S/C11H15N5O/c12-10-15-11(14-9-6-7-13-16(9)10)17-8-4-2-1-3-5-8/h6-8H,1-5H2,(H2,12,14,15). The Labute approximate surface area is 98.8 Å². The van der Waals surface area contributed by atoms with E-state index in [2.05, 4.69) is 15.1 Å². The van der Waals surface area contributed by atoms with Crippen molar-refractivity contribution in [1.82, 2.24) is 19.6 Å². The number of aromatic nitrogens is 4. The summed E-state index contributed by atoms with van der Waals surface area (Å²) in [7, 11) is 0. The maximum absolute atomic E-state index is 5.78. The van der Waals surface area contributed by atoms with E-state index in [0.29, 0.717) is 17.6 Å². The van der Waals surface area contributed by atoms with Crippen molar-refractivity contribution in [2.45, 2.75) is 38.2 Å². The van der Waals surface area contributed by atoms with Gasteiger partial charge in [0.2, 0.25) is 5.95 Å². The summed E-state index contributed by atoms with van der Waals surface area (Å²) in [5.41, 5.74) is 6.45. The molecule has 90 valence electrons. The molecule has 1 aliphatic rings. The number of fused-ring (bicyclic) bond motifs is 1. The highest BCUT2D eigenvalue weighted by Gasteiger charge is 2.17. The Hall–Kier alpha value is -1.85. The lowest BCUT2D eigenvalue weighted by Crippen LogP contribution is -2.21. The van der Waals surface area contributed by atoms with Gasteiger partial charge in [-0.3, -0.25) is 0 Å². The number of hydrogen-bond donors (Lipinski definition) is 1. The van der Waals surface area contributed by atoms with Crippen LogP contribution >= 0.6 is 0 Å². The van der Waals surface area contributed by atoms with E-state index < -0.39 is 0 Å². The van der Waals surface area contributed by atoms with Crippen LogP contribution < -0.4 is 10.5 Å². The third-order valence-corrected chi connectivity index (χ3v) is 3.08. The molecule has 1 aliphatic carbocycles. The topological polar surface area (TPSA) is 78.3 Å². The van der Waals surface area contributed by atoms with E-state index in [9.17, 15) is 0 Å². The number of nitrogens with two attached hydrogens (primary N) is 1. The van der Waals surface area contributed by atoms with Gasteiger partial charge in [-0.25, -0.2) is 0 Å². The molecule has 2 aromatic heterocycles. The highest BCUT2D eigenvalue weighted by Crippen LogP contribution is 2.22. The van der Waals surface area contributed by atoms with Crippen LogP contribution in [0.4, 0.5) is 5.95 Å². The van der Waals surface area contributed by atoms with E-state index in [1.165, 1.54) is 23.8 Å². The zero-order valence-electron chi connectivity index (χ0n) is 9.54. The van der Waals surface area contributed by atoms with E-state index in [4.69, 9.17) is 10.5 Å². The Morgan fingerprint density at radius 2 is 2.06 bits per heavy atom. The summed E-state index contributed by atoms with van der Waals surface area (Å²) in [6.45, 7) is 0. The molecule has 6 nitrogen and oxygen atoms in total. The maximum atomic E-state index is 5.78. The van der Waals surface area contributed by atoms with E-state index in [1.54, 1.807) is 12.3 Å². The van der Waals surface area contributed by atoms with E-state index in [1.807, 2.05) is 0 Å². The molecule has 1 saturated carbocycles. The minimum absolute atomic E-state index is 0.230. The van der Waals surface area contributed by atoms with Crippen molar-refractivity contribution in [3.05, 3.63) is 12.3 Å². The molecule has 6 heteroatoms. The molecule has 0 aromatic carbocycles. The number of anilines is 1. The fraction of sp³-hybridized carbons (Fsp3) is 0.545. The largest absolute Gasteiger partial charge is 0.460 e. The molecule has 0 unspecified atom stereocenters. The molecule has 2 N–H and O–H groups in total. The van der Waals surface area contributed by atoms with Crippen LogP contribution in [-0.2, 0) is 0 Å². The Balaban J connectivity index is 1.84. The van der Waals surface area contributed by atoms with Gasteiger partial charge in [-0.05, 0) is 25.7 Å². The lowest BCUT2D eigenvalue weighted by atomic mass is 9.98. The molecule has 17 heavy (non-hydrogen) atoms. The van der Waals surface area contributed by atoms with Crippen LogP contribution in [-0.4, -0.2) is 25.7 Å². The normalized spacial score (nSPS) is 17.4. The van der Waals surface area contributed by atoms with Crippen LogP contribution in [0.3, 0.4) is 0 Å². The molecule has 3 rings (SSSR count). The first kappa shape index (κ1) is 10.3. The van der Waals surface area contributed by atoms with Crippen molar-refractivity contribution in [2.24, 2.45) is 0 Å². The SMILES string of the molecule is Nc1nc(OC2CCCCC2)nc2ccnn12. The fourth-order valence-electron chi connectivity index (χ4n) is 2.21. The van der Waals surface area contributed by atoms with Crippen molar-refractivity contribution in [1.29, 1.82) is 0 Å². The van der Waals surface area contributed by atoms with Gasteiger partial charge in [-0.15, -0.1) is 0 Å². The van der Waals surface area contributed by atoms with Gasteiger partial charge in [0.25, 0.3) is 0 Å². The number of ether oxygens (including phenoxy) is 1. The van der Waals surface area contributed by atoms with Crippen LogP contribution in [0.1, 0.15) is 32.1 Å². The van der Waals surface area contributed by atoms with Crippen molar-refractivity contribution in [3.63, 3.8) is 0 Å². The molecule has 0 aliphatic heterocycles. The summed E-state index contributed by atoms with van der Waals surface area (Å²) in [6.07, 6.45) is 7.76. The zero-order chi connectivity index (χ0) is 11.7. The zero-order valence-corrected chi connectivity index (χ0v) is 9.54. The quantitative estimate of drug-likeness (QED) is 0.848. The monoisotopic (exact) mass is 233 g/mol. The molecular weight excluding hydrogens is 218 g/mol. The highest BCUT2D eigenvalue weighted by molar-refractivity contribution is 5.42. The summed E-state index contributed by atoms with van der Waals surface area (Å²) in [4.78, 5) is 8.39. The van der Waals surface area contributed by atoms with Gasteiger partial charge >= 0.3 is 6.01 Å². The van der Waals surface area contributed by atoms with Crippen LogP contribution in [0.2, 0.25) is 0 Å². The Kier molecular flexibility index (Phi) is 2.55. The van der Waals surface area contributed by atoms with Crippen LogP contribution in [0, 0.1) is 0 Å². The summed E-state index contributed by atoms with van der Waals surface area (Å²) in [5.74, 6) is 0.311. The average molecular weight is 233 g/mol. The molecule has 1 fully saturated rings. The average Bonchev–Trinajstić information content (AvgIpc) is 2.79. The van der Waals surface area contributed by atoms with Gasteiger partial charge in [-0.1, -0.05) is 6.42 Å². The van der Waals surface area contributed by atoms with E-state index in [0.717, 1.165) is 12.8 Å². The lowest BCUT2D eigenvalue weighted by Gasteiger charge is -2.21. The summed E-state index contributed by atoms with van der Waals surface area (Å²) >= 11 is 0. The second-order valence-electron chi connectivity index (χ2n) is 4.34. The third kappa shape index (κ3) is 2.02. The first-order chi connectivity index (χ1) is 8.33. The number of nitrogens with zero attached hydrogens (tertiary/aromatic N) is 4. The molecule has 0 spiro atoms. The molecule has 2 heterocycles. The van der Waals surface area contributed by atoms with Crippen LogP contribution in [0.5, 0.6) is 6.01 Å². The number of hydrogen-bond acceptors (Lipinski definition) is 5. The van der Waals surface area contributed by atoms with Crippen LogP contribution in [0.25, 0.3) is 5.65 Å². The Bertz CT molecular complexity index is 518. The first-order valence-electron chi connectivity index (χ1n) is 5.97. The minimum atomic E-state index is 0.230. The summed E-state index contributed by atoms with van der Waals surface area (Å²) in [6, 6.07) is 2.15. The second-order valence-corrected chi connectivity index (χ2v) is 4.34. The Morgan fingerprint density at radius 3 is 2.88 bits per heavy atom. The summed E-state index contributed by atoms with van der Waals surface area (Å²) < 4.78 is 7.26. The predicted octanol–water partition coefficient (Wildman–Crippen LogP) is 1.42. The fourth-order valence-corrected chi connectivity index (χ4v) is 2.21. The molecule has 0 bridgehead atoms. The third-order valence-electron chi connectivity index (χ3n) is 3.08. The van der Waals surface area contributed by atoms with Crippen molar-refractivity contribution < 1.29 is 4.74 Å². The second kappa shape index (κ2) is 4.20. The van der Waals surface area contributed by atoms with Crippen molar-refractivity contribution in [3.8, 4) is 6.01 Å². The summed E-state index contributed by atoms with van der Waals surface area (Å²) in [5, 5.41) is 4.02. The highest BCUT2D eigenvalue weighted by atomic mass is 16.5. The molecular formula is C11H15N5O. The lowest BCUT2D eigenvalue weighted by molar-refractivity contribution is 0.142. The molecule has 0 saturated heterocycles. The predicted molar refractivity (Wildman–Crippen MR) is 62.7 cm³/mol. The van der Waals surface area contributed by atoms with Gasteiger partial charge in [-0.2, -0.15) is 19.6 Å². The van der Waals surface area contributed by atoms with Gasteiger partial charge in [0.05, 0.1) is 6.20 Å². The number of rotatable bonds is 2.